The molecule has 4 nitrogen and oxygen atoms in total. The number of aromatic nitrogens is 1. The first kappa shape index (κ1) is 15.1. The molecule has 1 N–H and O–H groups in total. The Morgan fingerprint density at radius 1 is 1.32 bits per heavy atom. The summed E-state index contributed by atoms with van der Waals surface area (Å²) in [5.41, 5.74) is 1.81. The minimum atomic E-state index is 0.151. The fraction of sp³-hybridized carbons (Fsp3) is 0.500. The number of nitrogens with one attached hydrogen (secondary N) is 1. The molecule has 1 fully saturated rings. The number of carbonyl (C=O) groups excluding carboxylic acids is 1. The van der Waals surface area contributed by atoms with Crippen molar-refractivity contribution in [2.75, 3.05) is 19.6 Å². The number of hydrogen-bond donors (Lipinski definition) is 1. The van der Waals surface area contributed by atoms with Crippen LogP contribution in [0.3, 0.4) is 0 Å². The third-order valence-corrected chi connectivity index (χ3v) is 4.75. The quantitative estimate of drug-likeness (QED) is 0.946. The first-order valence-corrected chi connectivity index (χ1v) is 8.22. The number of H-pyrrole nitrogens is 1. The zero-order chi connectivity index (χ0) is 15.7. The minimum absolute atomic E-state index is 0.151. The Kier molecular flexibility index (Phi) is 4.21. The van der Waals surface area contributed by atoms with Crippen LogP contribution in [0.2, 0.25) is 0 Å². The topological polar surface area (TPSA) is 39.3 Å². The molecule has 0 bridgehead atoms. The van der Waals surface area contributed by atoms with Gasteiger partial charge >= 0.3 is 0 Å². The number of carbonyl (C=O) groups is 1. The standard InChI is InChI=1S/C18H25N3O/c1-4-16-12-20(9-10-21(16)13(2)3)18(22)15-6-5-14-7-8-19-17(14)11-15/h5-8,11,13,16,19H,4,9-10,12H2,1-3H3/t16-/m0/s1. The molecule has 1 aliphatic rings. The molecule has 0 aliphatic carbocycles. The van der Waals surface area contributed by atoms with Gasteiger partial charge in [-0.2, -0.15) is 0 Å². The van der Waals surface area contributed by atoms with Crippen LogP contribution in [0.15, 0.2) is 30.5 Å². The highest BCUT2D eigenvalue weighted by Gasteiger charge is 2.30. The van der Waals surface area contributed by atoms with Crippen LogP contribution < -0.4 is 0 Å². The lowest BCUT2D eigenvalue weighted by molar-refractivity contribution is 0.0372. The summed E-state index contributed by atoms with van der Waals surface area (Å²) in [5, 5.41) is 1.15. The van der Waals surface area contributed by atoms with Gasteiger partial charge in [0.1, 0.15) is 0 Å². The number of hydrogen-bond acceptors (Lipinski definition) is 2. The molecule has 1 aromatic carbocycles. The molecule has 0 saturated carbocycles. The minimum Gasteiger partial charge on any atom is -0.361 e. The monoisotopic (exact) mass is 299 g/mol. The van der Waals surface area contributed by atoms with E-state index in [2.05, 4.69) is 30.7 Å². The SMILES string of the molecule is CC[C@H]1CN(C(=O)c2ccc3cc[nH]c3c2)CCN1C(C)C. The molecule has 22 heavy (non-hydrogen) atoms. The van der Waals surface area contributed by atoms with Crippen LogP contribution in [0.25, 0.3) is 10.9 Å². The summed E-state index contributed by atoms with van der Waals surface area (Å²) in [6, 6.07) is 8.95. The highest BCUT2D eigenvalue weighted by atomic mass is 16.2. The van der Waals surface area contributed by atoms with Crippen LogP contribution >= 0.6 is 0 Å². The molecule has 0 spiro atoms. The summed E-state index contributed by atoms with van der Waals surface area (Å²) in [4.78, 5) is 20.5. The Morgan fingerprint density at radius 3 is 2.86 bits per heavy atom. The summed E-state index contributed by atoms with van der Waals surface area (Å²) in [6.07, 6.45) is 2.99. The normalized spacial score (nSPS) is 20.0. The largest absolute Gasteiger partial charge is 0.361 e. The van der Waals surface area contributed by atoms with E-state index >= 15 is 0 Å². The second-order valence-electron chi connectivity index (χ2n) is 6.42. The summed E-state index contributed by atoms with van der Waals surface area (Å²) in [7, 11) is 0. The van der Waals surface area contributed by atoms with Gasteiger partial charge in [-0.3, -0.25) is 9.69 Å². The molecule has 2 heterocycles. The Bertz CT molecular complexity index is 661. The first-order valence-electron chi connectivity index (χ1n) is 8.22. The number of nitrogens with zero attached hydrogens (tertiary/aromatic N) is 2. The van der Waals surface area contributed by atoms with E-state index in [0.29, 0.717) is 12.1 Å². The summed E-state index contributed by atoms with van der Waals surface area (Å²) in [5.74, 6) is 0.151. The van der Waals surface area contributed by atoms with Crippen molar-refractivity contribution in [2.45, 2.75) is 39.3 Å². The van der Waals surface area contributed by atoms with Gasteiger partial charge < -0.3 is 9.88 Å². The van der Waals surface area contributed by atoms with Crippen LogP contribution in [0.4, 0.5) is 0 Å². The van der Waals surface area contributed by atoms with Crippen molar-refractivity contribution in [3.63, 3.8) is 0 Å². The van der Waals surface area contributed by atoms with Crippen molar-refractivity contribution >= 4 is 16.8 Å². The van der Waals surface area contributed by atoms with Gasteiger partial charge in [-0.05, 0) is 43.9 Å². The van der Waals surface area contributed by atoms with Crippen molar-refractivity contribution in [3.8, 4) is 0 Å². The molecule has 4 heteroatoms. The second-order valence-corrected chi connectivity index (χ2v) is 6.42. The Labute approximate surface area is 132 Å². The van der Waals surface area contributed by atoms with Crippen LogP contribution in [0.1, 0.15) is 37.6 Å². The predicted octanol–water partition coefficient (Wildman–Crippen LogP) is 3.11. The summed E-state index contributed by atoms with van der Waals surface area (Å²) >= 11 is 0. The smallest absolute Gasteiger partial charge is 0.254 e. The Morgan fingerprint density at radius 2 is 2.14 bits per heavy atom. The van der Waals surface area contributed by atoms with E-state index in [-0.39, 0.29) is 5.91 Å². The zero-order valence-electron chi connectivity index (χ0n) is 13.7. The summed E-state index contributed by atoms with van der Waals surface area (Å²) in [6.45, 7) is 9.29. The van der Waals surface area contributed by atoms with Gasteiger partial charge in [0.15, 0.2) is 0 Å². The maximum Gasteiger partial charge on any atom is 0.254 e. The van der Waals surface area contributed by atoms with E-state index < -0.39 is 0 Å². The highest BCUT2D eigenvalue weighted by Crippen LogP contribution is 2.20. The fourth-order valence-corrected chi connectivity index (χ4v) is 3.46. The molecule has 2 aromatic rings. The van der Waals surface area contributed by atoms with Crippen molar-refractivity contribution in [1.82, 2.24) is 14.8 Å². The summed E-state index contributed by atoms with van der Waals surface area (Å²) < 4.78 is 0. The molecule has 1 aliphatic heterocycles. The lowest BCUT2D eigenvalue weighted by atomic mass is 10.1. The number of rotatable bonds is 3. The van der Waals surface area contributed by atoms with Gasteiger partial charge in [0.05, 0.1) is 0 Å². The Balaban J connectivity index is 1.77. The molecule has 0 unspecified atom stereocenters. The van der Waals surface area contributed by atoms with Gasteiger partial charge in [-0.25, -0.2) is 0 Å². The van der Waals surface area contributed by atoms with Gasteiger partial charge in [0.25, 0.3) is 5.91 Å². The molecule has 1 aromatic heterocycles. The molecule has 1 atom stereocenters. The van der Waals surface area contributed by atoms with Crippen LogP contribution in [0, 0.1) is 0 Å². The van der Waals surface area contributed by atoms with E-state index in [0.717, 1.165) is 42.5 Å². The maximum absolute atomic E-state index is 12.8. The third-order valence-electron chi connectivity index (χ3n) is 4.75. The van der Waals surface area contributed by atoms with E-state index in [9.17, 15) is 4.79 Å². The van der Waals surface area contributed by atoms with Gasteiger partial charge in [-0.15, -0.1) is 0 Å². The zero-order valence-corrected chi connectivity index (χ0v) is 13.7. The molecule has 0 radical (unpaired) electrons. The molecular formula is C18H25N3O. The second kappa shape index (κ2) is 6.13. The number of fused-ring (bicyclic) bond motifs is 1. The van der Waals surface area contributed by atoms with E-state index in [1.165, 1.54) is 0 Å². The molecule has 1 amide bonds. The van der Waals surface area contributed by atoms with Gasteiger partial charge in [-0.1, -0.05) is 13.0 Å². The van der Waals surface area contributed by atoms with Crippen molar-refractivity contribution in [2.24, 2.45) is 0 Å². The van der Waals surface area contributed by atoms with Crippen LogP contribution in [-0.2, 0) is 0 Å². The number of aromatic amines is 1. The van der Waals surface area contributed by atoms with Crippen LogP contribution in [-0.4, -0.2) is 52.4 Å². The molecule has 1 saturated heterocycles. The predicted molar refractivity (Wildman–Crippen MR) is 90.1 cm³/mol. The van der Waals surface area contributed by atoms with Gasteiger partial charge in [0, 0.05) is 49.0 Å². The lowest BCUT2D eigenvalue weighted by Gasteiger charge is -2.43. The number of amides is 1. The van der Waals surface area contributed by atoms with E-state index in [4.69, 9.17) is 0 Å². The first-order chi connectivity index (χ1) is 10.6. The van der Waals surface area contributed by atoms with Crippen molar-refractivity contribution < 1.29 is 4.79 Å². The van der Waals surface area contributed by atoms with Crippen molar-refractivity contribution in [1.29, 1.82) is 0 Å². The number of piperazine rings is 1. The highest BCUT2D eigenvalue weighted by molar-refractivity contribution is 5.98. The average molecular weight is 299 g/mol. The number of benzene rings is 1. The lowest BCUT2D eigenvalue weighted by Crippen LogP contribution is -2.56. The maximum atomic E-state index is 12.8. The Hall–Kier alpha value is -1.81. The van der Waals surface area contributed by atoms with Gasteiger partial charge in [0.2, 0.25) is 0 Å². The molecule has 3 rings (SSSR count). The van der Waals surface area contributed by atoms with E-state index in [1.54, 1.807) is 0 Å². The van der Waals surface area contributed by atoms with Crippen molar-refractivity contribution in [3.05, 3.63) is 36.0 Å². The van der Waals surface area contributed by atoms with Crippen LogP contribution in [0.5, 0.6) is 0 Å². The molecular weight excluding hydrogens is 274 g/mol. The third kappa shape index (κ3) is 2.75. The fourth-order valence-electron chi connectivity index (χ4n) is 3.46. The molecule has 118 valence electrons. The average Bonchev–Trinajstić information content (AvgIpc) is 3.00. The van der Waals surface area contributed by atoms with E-state index in [1.807, 2.05) is 35.4 Å².